The second-order valence-electron chi connectivity index (χ2n) is 7.23. The molecule has 2 aliphatic carbocycles. The molecule has 0 aliphatic heterocycles. The van der Waals surface area contributed by atoms with E-state index in [-0.39, 0.29) is 0 Å². The molecule has 1 saturated carbocycles. The Balaban J connectivity index is 1.80. The van der Waals surface area contributed by atoms with Crippen LogP contribution < -0.4 is 0 Å². The fourth-order valence-electron chi connectivity index (χ4n) is 4.25. The van der Waals surface area contributed by atoms with E-state index in [1.807, 2.05) is 0 Å². The summed E-state index contributed by atoms with van der Waals surface area (Å²) in [6, 6.07) is 0. The minimum Gasteiger partial charge on any atom is -0.0891 e. The molecule has 3 unspecified atom stereocenters. The minimum absolute atomic E-state index is 0.870. The van der Waals surface area contributed by atoms with E-state index >= 15 is 0 Å². The zero-order valence-electron chi connectivity index (χ0n) is 13.5. The van der Waals surface area contributed by atoms with Crippen molar-refractivity contribution in [3.8, 4) is 0 Å². The molecule has 0 aromatic carbocycles. The molecule has 20 heavy (non-hydrogen) atoms. The summed E-state index contributed by atoms with van der Waals surface area (Å²) in [7, 11) is 0. The molecule has 0 spiro atoms. The van der Waals surface area contributed by atoms with Crippen LogP contribution in [0.5, 0.6) is 0 Å². The Hall–Kier alpha value is -0.230. The third-order valence-corrected chi connectivity index (χ3v) is 5.90. The maximum absolute atomic E-state index is 6.03. The van der Waals surface area contributed by atoms with Gasteiger partial charge in [0.2, 0.25) is 0 Å². The Morgan fingerprint density at radius 3 is 2.60 bits per heavy atom. The third-order valence-electron chi connectivity index (χ3n) is 5.59. The quantitative estimate of drug-likeness (QED) is 0.528. The summed E-state index contributed by atoms with van der Waals surface area (Å²) in [6.45, 7) is 7.21. The van der Waals surface area contributed by atoms with Crippen molar-refractivity contribution in [1.29, 1.82) is 0 Å². The van der Waals surface area contributed by atoms with Crippen LogP contribution in [-0.2, 0) is 0 Å². The molecule has 0 saturated heterocycles. The smallest absolute Gasteiger partial charge is 0.0184 e. The molecule has 0 aromatic rings. The number of rotatable bonds is 5. The summed E-state index contributed by atoms with van der Waals surface area (Å²) in [4.78, 5) is 0. The van der Waals surface area contributed by atoms with Crippen molar-refractivity contribution >= 4 is 11.6 Å². The number of hydrogen-bond acceptors (Lipinski definition) is 0. The van der Waals surface area contributed by atoms with E-state index in [2.05, 4.69) is 32.9 Å². The molecule has 1 fully saturated rings. The van der Waals surface area contributed by atoms with Gasteiger partial charge in [-0.2, -0.15) is 0 Å². The van der Waals surface area contributed by atoms with Crippen molar-refractivity contribution in [3.63, 3.8) is 0 Å². The van der Waals surface area contributed by atoms with Gasteiger partial charge >= 0.3 is 0 Å². The van der Waals surface area contributed by atoms with Crippen molar-refractivity contribution < 1.29 is 0 Å². The predicted octanol–water partition coefficient (Wildman–Crippen LogP) is 6.71. The van der Waals surface area contributed by atoms with Gasteiger partial charge in [-0.25, -0.2) is 0 Å². The van der Waals surface area contributed by atoms with Crippen LogP contribution in [0.15, 0.2) is 22.8 Å². The summed E-state index contributed by atoms with van der Waals surface area (Å²) in [5, 5.41) is 1.03. The number of halogens is 1. The molecule has 0 N–H and O–H groups in total. The highest BCUT2D eigenvalue weighted by Crippen LogP contribution is 2.41. The first-order valence-corrected chi connectivity index (χ1v) is 9.02. The molecule has 0 amide bonds. The molecular weight excluding hydrogens is 264 g/mol. The first-order valence-electron chi connectivity index (χ1n) is 8.64. The molecule has 0 nitrogen and oxygen atoms in total. The topological polar surface area (TPSA) is 0 Å². The van der Waals surface area contributed by atoms with Crippen LogP contribution in [0, 0.1) is 23.7 Å². The molecule has 0 radical (unpaired) electrons. The fraction of sp³-hybridized carbons (Fsp3) is 0.789. The van der Waals surface area contributed by atoms with E-state index in [0.29, 0.717) is 0 Å². The van der Waals surface area contributed by atoms with Gasteiger partial charge in [0.15, 0.2) is 0 Å². The van der Waals surface area contributed by atoms with E-state index < -0.39 is 0 Å². The highest BCUT2D eigenvalue weighted by molar-refractivity contribution is 6.29. The van der Waals surface area contributed by atoms with Crippen LogP contribution >= 0.6 is 11.6 Å². The molecular formula is C19H31Cl. The Morgan fingerprint density at radius 2 is 2.00 bits per heavy atom. The highest BCUT2D eigenvalue weighted by atomic mass is 35.5. The average molecular weight is 295 g/mol. The van der Waals surface area contributed by atoms with Gasteiger partial charge in [-0.1, -0.05) is 56.9 Å². The first kappa shape index (κ1) is 16.1. The summed E-state index contributed by atoms with van der Waals surface area (Å²) < 4.78 is 0. The lowest BCUT2D eigenvalue weighted by Crippen LogP contribution is -2.28. The minimum atomic E-state index is 0.870. The number of allylic oxidation sites excluding steroid dienone is 4. The summed E-state index contributed by atoms with van der Waals surface area (Å²) in [5.41, 5.74) is 1.62. The lowest BCUT2D eigenvalue weighted by atomic mass is 9.67. The Labute approximate surface area is 130 Å². The maximum Gasteiger partial charge on any atom is 0.0184 e. The van der Waals surface area contributed by atoms with Crippen molar-refractivity contribution in [2.75, 3.05) is 0 Å². The molecule has 2 rings (SSSR count). The van der Waals surface area contributed by atoms with Crippen LogP contribution in [0.2, 0.25) is 0 Å². The van der Waals surface area contributed by atoms with E-state index in [4.69, 9.17) is 11.6 Å². The summed E-state index contributed by atoms with van der Waals surface area (Å²) in [5.74, 6) is 3.79. The Bertz CT molecular complexity index is 364. The van der Waals surface area contributed by atoms with Gasteiger partial charge in [-0.15, -0.1) is 0 Å². The van der Waals surface area contributed by atoms with Crippen molar-refractivity contribution in [2.24, 2.45) is 23.7 Å². The second kappa shape index (κ2) is 7.69. The molecule has 1 heteroatoms. The average Bonchev–Trinajstić information content (AvgIpc) is 2.46. The van der Waals surface area contributed by atoms with E-state index in [9.17, 15) is 0 Å². The van der Waals surface area contributed by atoms with Gasteiger partial charge in [-0.3, -0.25) is 0 Å². The van der Waals surface area contributed by atoms with Crippen LogP contribution in [0.25, 0.3) is 0 Å². The van der Waals surface area contributed by atoms with Crippen molar-refractivity contribution in [3.05, 3.63) is 22.8 Å². The first-order chi connectivity index (χ1) is 9.60. The molecule has 0 heterocycles. The Kier molecular flexibility index (Phi) is 6.20. The lowest BCUT2D eigenvalue weighted by Gasteiger charge is -2.38. The highest BCUT2D eigenvalue weighted by Gasteiger charge is 2.30. The monoisotopic (exact) mass is 294 g/mol. The standard InChI is InChI=1S/C19H31Cl/c1-4-17-13-16(9-12-19(17)14(2)3)6-5-15-7-10-18(20)11-8-15/h7,10,14,16-17,19H,4-6,8-9,11-13H2,1-3H3. The van der Waals surface area contributed by atoms with Crippen LogP contribution in [-0.4, -0.2) is 0 Å². The number of hydrogen-bond donors (Lipinski definition) is 0. The second-order valence-corrected chi connectivity index (χ2v) is 7.72. The molecule has 3 atom stereocenters. The Morgan fingerprint density at radius 1 is 1.20 bits per heavy atom. The van der Waals surface area contributed by atoms with Crippen LogP contribution in [0.3, 0.4) is 0 Å². The van der Waals surface area contributed by atoms with Crippen LogP contribution in [0.4, 0.5) is 0 Å². The van der Waals surface area contributed by atoms with Crippen molar-refractivity contribution in [1.82, 2.24) is 0 Å². The summed E-state index contributed by atoms with van der Waals surface area (Å²) >= 11 is 6.03. The predicted molar refractivity (Wildman–Crippen MR) is 89.9 cm³/mol. The lowest BCUT2D eigenvalue weighted by molar-refractivity contribution is 0.129. The fourth-order valence-corrected chi connectivity index (χ4v) is 4.40. The normalized spacial score (nSPS) is 31.1. The van der Waals surface area contributed by atoms with Gasteiger partial charge in [0, 0.05) is 5.03 Å². The van der Waals surface area contributed by atoms with Gasteiger partial charge in [-0.05, 0) is 68.3 Å². The van der Waals surface area contributed by atoms with Gasteiger partial charge in [0.25, 0.3) is 0 Å². The van der Waals surface area contributed by atoms with E-state index in [1.54, 1.807) is 5.57 Å². The zero-order valence-corrected chi connectivity index (χ0v) is 14.3. The third kappa shape index (κ3) is 4.38. The maximum atomic E-state index is 6.03. The molecule has 114 valence electrons. The van der Waals surface area contributed by atoms with Crippen LogP contribution in [0.1, 0.15) is 72.1 Å². The van der Waals surface area contributed by atoms with E-state index in [1.165, 1.54) is 44.9 Å². The van der Waals surface area contributed by atoms with Gasteiger partial charge < -0.3 is 0 Å². The van der Waals surface area contributed by atoms with Crippen molar-refractivity contribution in [2.45, 2.75) is 72.1 Å². The zero-order chi connectivity index (χ0) is 14.5. The van der Waals surface area contributed by atoms with Gasteiger partial charge in [0.1, 0.15) is 0 Å². The summed E-state index contributed by atoms with van der Waals surface area (Å²) in [6.07, 6.45) is 15.1. The largest absolute Gasteiger partial charge is 0.0891 e. The molecule has 0 aromatic heterocycles. The van der Waals surface area contributed by atoms with E-state index in [0.717, 1.165) is 35.1 Å². The molecule has 0 bridgehead atoms. The van der Waals surface area contributed by atoms with Gasteiger partial charge in [0.05, 0.1) is 0 Å². The SMILES string of the molecule is CCC1CC(CCC2=CC=C(Cl)CC2)CCC1C(C)C. The molecule has 2 aliphatic rings.